The Balaban J connectivity index is 1.49. The number of nitrogens with zero attached hydrogens (tertiary/aromatic N) is 3. The second-order valence-corrected chi connectivity index (χ2v) is 8.25. The third-order valence-electron chi connectivity index (χ3n) is 6.00. The van der Waals surface area contributed by atoms with Crippen molar-refractivity contribution in [2.45, 2.75) is 19.8 Å². The fourth-order valence-corrected chi connectivity index (χ4v) is 4.19. The van der Waals surface area contributed by atoms with E-state index >= 15 is 0 Å². The van der Waals surface area contributed by atoms with Crippen LogP contribution in [0.15, 0.2) is 75.7 Å². The van der Waals surface area contributed by atoms with Gasteiger partial charge in [-0.3, -0.25) is 14.7 Å². The molecule has 0 saturated carbocycles. The van der Waals surface area contributed by atoms with Gasteiger partial charge in [-0.1, -0.05) is 24.3 Å². The van der Waals surface area contributed by atoms with E-state index in [0.717, 1.165) is 5.56 Å². The van der Waals surface area contributed by atoms with Gasteiger partial charge in [-0.15, -0.1) is 10.2 Å². The van der Waals surface area contributed by atoms with Crippen molar-refractivity contribution in [1.29, 1.82) is 0 Å². The summed E-state index contributed by atoms with van der Waals surface area (Å²) in [4.78, 5) is 36.2. The SMILES string of the molecule is Cc1[nH]n(-c2ccc3c(c2)CCC3=O)c(=O)c1N=Nc1cccc(-c2cccc(C(=O)O)c2)c1O. The first-order chi connectivity index (χ1) is 16.8. The first-order valence-electron chi connectivity index (χ1n) is 10.9. The Hall–Kier alpha value is -4.79. The van der Waals surface area contributed by atoms with Gasteiger partial charge in [0.1, 0.15) is 5.69 Å². The number of Topliss-reactive ketones (excluding diaryl/α,β-unsaturated/α-hetero) is 1. The highest BCUT2D eigenvalue weighted by Crippen LogP contribution is 2.38. The topological polar surface area (TPSA) is 137 Å². The van der Waals surface area contributed by atoms with Gasteiger partial charge >= 0.3 is 5.97 Å². The smallest absolute Gasteiger partial charge is 0.335 e. The molecule has 3 aromatic carbocycles. The minimum Gasteiger partial charge on any atom is -0.505 e. The number of aromatic nitrogens is 2. The van der Waals surface area contributed by atoms with Crippen LogP contribution in [0.5, 0.6) is 5.75 Å². The number of H-pyrrole nitrogens is 1. The number of phenols is 1. The molecule has 5 rings (SSSR count). The van der Waals surface area contributed by atoms with Crippen LogP contribution in [-0.4, -0.2) is 31.7 Å². The standard InChI is InChI=1S/C26H20N4O5/c1-14-23(25(33)30(29-14)18-9-10-19-16(13-18)8-11-22(19)31)28-27-21-7-3-6-20(24(21)32)15-4-2-5-17(12-15)26(34)35/h2-7,9-10,12-13,29,32H,8,11H2,1H3,(H,34,35). The molecule has 0 atom stereocenters. The molecule has 9 heteroatoms. The van der Waals surface area contributed by atoms with Crippen molar-refractivity contribution < 1.29 is 19.8 Å². The molecule has 0 spiro atoms. The molecule has 3 N–H and O–H groups in total. The lowest BCUT2D eigenvalue weighted by Crippen LogP contribution is -2.14. The molecule has 0 fully saturated rings. The van der Waals surface area contributed by atoms with Crippen LogP contribution in [0.4, 0.5) is 11.4 Å². The second kappa shape index (κ2) is 8.53. The van der Waals surface area contributed by atoms with Gasteiger partial charge in [0.25, 0.3) is 5.56 Å². The van der Waals surface area contributed by atoms with Gasteiger partial charge in [0.2, 0.25) is 0 Å². The Bertz CT molecular complexity index is 1600. The maximum absolute atomic E-state index is 13.0. The number of aromatic amines is 1. The van der Waals surface area contributed by atoms with Gasteiger partial charge in [-0.2, -0.15) is 0 Å². The number of carbonyl (C=O) groups excluding carboxylic acids is 1. The summed E-state index contributed by atoms with van der Waals surface area (Å²) < 4.78 is 1.35. The number of benzene rings is 3. The zero-order chi connectivity index (χ0) is 24.7. The average Bonchev–Trinajstić information content (AvgIpc) is 3.36. The first kappa shape index (κ1) is 22.0. The summed E-state index contributed by atoms with van der Waals surface area (Å²) in [7, 11) is 0. The molecule has 0 unspecified atom stereocenters. The van der Waals surface area contributed by atoms with E-state index in [1.165, 1.54) is 16.8 Å². The number of carboxylic acid groups (broad SMARTS) is 1. The number of nitrogens with one attached hydrogen (secondary N) is 1. The van der Waals surface area contributed by atoms with Gasteiger partial charge in [-0.05, 0) is 60.9 Å². The molecule has 1 heterocycles. The molecule has 4 aromatic rings. The molecule has 9 nitrogen and oxygen atoms in total. The number of aromatic carboxylic acids is 1. The third-order valence-corrected chi connectivity index (χ3v) is 6.00. The van der Waals surface area contributed by atoms with Gasteiger partial charge in [-0.25, -0.2) is 9.48 Å². The van der Waals surface area contributed by atoms with Crippen molar-refractivity contribution in [3.05, 3.63) is 93.4 Å². The van der Waals surface area contributed by atoms with Crippen LogP contribution in [0, 0.1) is 6.92 Å². The average molecular weight is 468 g/mol. The molecule has 1 aromatic heterocycles. The zero-order valence-electron chi connectivity index (χ0n) is 18.6. The van der Waals surface area contributed by atoms with E-state index in [1.807, 2.05) is 6.07 Å². The largest absolute Gasteiger partial charge is 0.505 e. The molecule has 1 aliphatic rings. The lowest BCUT2D eigenvalue weighted by Gasteiger charge is -2.07. The van der Waals surface area contributed by atoms with Crippen LogP contribution in [0.3, 0.4) is 0 Å². The number of azo groups is 1. The van der Waals surface area contributed by atoms with Crippen molar-refractivity contribution >= 4 is 23.1 Å². The number of hydrogen-bond acceptors (Lipinski definition) is 6. The van der Waals surface area contributed by atoms with Crippen molar-refractivity contribution in [3.63, 3.8) is 0 Å². The van der Waals surface area contributed by atoms with Gasteiger partial charge in [0, 0.05) is 17.5 Å². The number of aromatic hydroxyl groups is 1. The molecule has 174 valence electrons. The number of aryl methyl sites for hydroxylation is 2. The van der Waals surface area contributed by atoms with Crippen molar-refractivity contribution in [2.75, 3.05) is 0 Å². The molecule has 0 aliphatic heterocycles. The zero-order valence-corrected chi connectivity index (χ0v) is 18.6. The number of para-hydroxylation sites is 1. The summed E-state index contributed by atoms with van der Waals surface area (Å²) >= 11 is 0. The van der Waals surface area contributed by atoms with Crippen LogP contribution < -0.4 is 5.56 Å². The predicted octanol–water partition coefficient (Wildman–Crippen LogP) is 5.09. The number of fused-ring (bicyclic) bond motifs is 1. The summed E-state index contributed by atoms with van der Waals surface area (Å²) in [5.74, 6) is -1.15. The lowest BCUT2D eigenvalue weighted by atomic mass is 10.0. The Labute approximate surface area is 199 Å². The second-order valence-electron chi connectivity index (χ2n) is 8.25. The molecule has 0 amide bonds. The molecular weight excluding hydrogens is 448 g/mol. The van der Waals surface area contributed by atoms with Crippen LogP contribution >= 0.6 is 0 Å². The maximum atomic E-state index is 13.0. The number of carbonyl (C=O) groups is 2. The number of rotatable bonds is 5. The summed E-state index contributed by atoms with van der Waals surface area (Å²) in [5.41, 5.74) is 3.46. The number of carboxylic acids is 1. The van der Waals surface area contributed by atoms with Gasteiger partial charge in [0.05, 0.1) is 16.9 Å². The van der Waals surface area contributed by atoms with E-state index in [4.69, 9.17) is 0 Å². The monoisotopic (exact) mass is 468 g/mol. The van der Waals surface area contributed by atoms with Crippen LogP contribution in [-0.2, 0) is 6.42 Å². The van der Waals surface area contributed by atoms with E-state index < -0.39 is 11.5 Å². The summed E-state index contributed by atoms with van der Waals surface area (Å²) in [6, 6.07) is 16.3. The third kappa shape index (κ3) is 3.93. The molecule has 0 saturated heterocycles. The number of phenolic OH excluding ortho intramolecular Hbond substituents is 1. The van der Waals surface area contributed by atoms with E-state index in [-0.39, 0.29) is 28.5 Å². The summed E-state index contributed by atoms with van der Waals surface area (Å²) in [6.45, 7) is 1.69. The Morgan fingerprint density at radius 3 is 2.57 bits per heavy atom. The van der Waals surface area contributed by atoms with Crippen LogP contribution in [0.25, 0.3) is 16.8 Å². The summed E-state index contributed by atoms with van der Waals surface area (Å²) in [5, 5.41) is 31.2. The fraction of sp³-hybridized carbons (Fsp3) is 0.115. The van der Waals surface area contributed by atoms with E-state index in [9.17, 15) is 24.6 Å². The number of ketones is 1. The van der Waals surface area contributed by atoms with Crippen molar-refractivity contribution in [1.82, 2.24) is 9.78 Å². The minimum atomic E-state index is -1.07. The number of hydrogen-bond donors (Lipinski definition) is 3. The molecule has 35 heavy (non-hydrogen) atoms. The van der Waals surface area contributed by atoms with E-state index in [0.29, 0.717) is 40.9 Å². The van der Waals surface area contributed by atoms with Crippen molar-refractivity contribution in [2.24, 2.45) is 10.2 Å². The van der Waals surface area contributed by atoms with Crippen molar-refractivity contribution in [3.8, 4) is 22.6 Å². The quantitative estimate of drug-likeness (QED) is 0.350. The van der Waals surface area contributed by atoms with Gasteiger partial charge < -0.3 is 10.2 Å². The van der Waals surface area contributed by atoms with Gasteiger partial charge in [0.15, 0.2) is 17.2 Å². The molecular formula is C26H20N4O5. The van der Waals surface area contributed by atoms with Crippen LogP contribution in [0.2, 0.25) is 0 Å². The Kier molecular flexibility index (Phi) is 5.37. The highest BCUT2D eigenvalue weighted by molar-refractivity contribution is 6.00. The minimum absolute atomic E-state index is 0.0826. The molecule has 0 bridgehead atoms. The first-order valence-corrected chi connectivity index (χ1v) is 10.9. The lowest BCUT2D eigenvalue weighted by molar-refractivity contribution is 0.0696. The fourth-order valence-electron chi connectivity index (χ4n) is 4.19. The van der Waals surface area contributed by atoms with Crippen LogP contribution in [0.1, 0.15) is 38.4 Å². The summed E-state index contributed by atoms with van der Waals surface area (Å²) in [6.07, 6.45) is 1.12. The Morgan fingerprint density at radius 2 is 1.77 bits per heavy atom. The van der Waals surface area contributed by atoms with E-state index in [1.54, 1.807) is 49.4 Å². The van der Waals surface area contributed by atoms with E-state index in [2.05, 4.69) is 15.3 Å². The molecule has 0 radical (unpaired) electrons. The highest BCUT2D eigenvalue weighted by Gasteiger charge is 2.21. The normalized spacial score (nSPS) is 12.9. The maximum Gasteiger partial charge on any atom is 0.335 e. The predicted molar refractivity (Wildman–Crippen MR) is 128 cm³/mol. The molecule has 1 aliphatic carbocycles. The highest BCUT2D eigenvalue weighted by atomic mass is 16.4. The Morgan fingerprint density at radius 1 is 0.971 bits per heavy atom.